The van der Waals surface area contributed by atoms with E-state index in [0.717, 1.165) is 5.56 Å². The Bertz CT molecular complexity index is 730. The zero-order chi connectivity index (χ0) is 14.0. The van der Waals surface area contributed by atoms with Crippen LogP contribution in [0.1, 0.15) is 31.9 Å². The van der Waals surface area contributed by atoms with Crippen molar-refractivity contribution in [3.8, 4) is 0 Å². The first-order chi connectivity index (χ1) is 8.91. The summed E-state index contributed by atoms with van der Waals surface area (Å²) in [4.78, 5) is 16.5. The number of hydrogen-bond acceptors (Lipinski definition) is 3. The van der Waals surface area contributed by atoms with Crippen molar-refractivity contribution in [1.29, 1.82) is 0 Å². The fourth-order valence-electron chi connectivity index (χ4n) is 1.98. The molecule has 0 aliphatic rings. The van der Waals surface area contributed by atoms with Crippen LogP contribution < -0.4 is 10.4 Å². The topological polar surface area (TPSA) is 94.8 Å². The fourth-order valence-corrected chi connectivity index (χ4v) is 3.31. The molecule has 0 bridgehead atoms. The molecule has 0 amide bonds. The molecular weight excluding hydrogens is 266 g/mol. The Kier molecular flexibility index (Phi) is 3.77. The number of imidazole rings is 1. The maximum atomic E-state index is 11.7. The van der Waals surface area contributed by atoms with E-state index in [1.54, 1.807) is 25.1 Å². The number of fused-ring (bicyclic) bond motifs is 1. The molecule has 0 aliphatic heterocycles. The van der Waals surface area contributed by atoms with Gasteiger partial charge in [0.05, 0.1) is 16.8 Å². The van der Waals surface area contributed by atoms with Gasteiger partial charge in [0.1, 0.15) is 0 Å². The van der Waals surface area contributed by atoms with E-state index in [9.17, 15) is 13.2 Å². The first-order valence-electron chi connectivity index (χ1n) is 6.13. The average molecular weight is 283 g/mol. The summed E-state index contributed by atoms with van der Waals surface area (Å²) in [6.07, 6.45) is 0.576. The van der Waals surface area contributed by atoms with Crippen molar-refractivity contribution in [3.63, 3.8) is 0 Å². The first kappa shape index (κ1) is 13.8. The average Bonchev–Trinajstić information content (AvgIpc) is 2.66. The number of benzene rings is 1. The molecule has 6 nitrogen and oxygen atoms in total. The Morgan fingerprint density at radius 2 is 1.95 bits per heavy atom. The molecule has 1 aromatic carbocycles. The maximum Gasteiger partial charge on any atom is 0.323 e. The SMILES string of the molecule is CCCS(=O)(=O)NC(C)c1ccc2[nH]c(=O)[nH]c2c1. The minimum atomic E-state index is -3.26. The number of hydrogen-bond donors (Lipinski definition) is 3. The van der Waals surface area contributed by atoms with Gasteiger partial charge in [-0.1, -0.05) is 13.0 Å². The predicted octanol–water partition coefficient (Wildman–Crippen LogP) is 1.25. The molecule has 104 valence electrons. The zero-order valence-electron chi connectivity index (χ0n) is 10.9. The summed E-state index contributed by atoms with van der Waals surface area (Å²) in [5, 5.41) is 0. The lowest BCUT2D eigenvalue weighted by Gasteiger charge is -2.14. The van der Waals surface area contributed by atoms with Crippen LogP contribution in [-0.2, 0) is 10.0 Å². The standard InChI is InChI=1S/C12H17N3O3S/c1-3-6-19(17,18)15-8(2)9-4-5-10-11(7-9)14-12(16)13-10/h4-5,7-8,15H,3,6H2,1-2H3,(H2,13,14,16). The van der Waals surface area contributed by atoms with Crippen LogP contribution in [0.2, 0.25) is 0 Å². The molecule has 1 heterocycles. The Morgan fingerprint density at radius 3 is 2.63 bits per heavy atom. The molecule has 1 atom stereocenters. The smallest absolute Gasteiger partial charge is 0.306 e. The van der Waals surface area contributed by atoms with Crippen LogP contribution in [0.5, 0.6) is 0 Å². The van der Waals surface area contributed by atoms with Crippen LogP contribution in [0, 0.1) is 0 Å². The van der Waals surface area contributed by atoms with E-state index >= 15 is 0 Å². The molecule has 3 N–H and O–H groups in total. The third-order valence-electron chi connectivity index (χ3n) is 2.87. The number of aromatic amines is 2. The minimum Gasteiger partial charge on any atom is -0.306 e. The van der Waals surface area contributed by atoms with E-state index in [0.29, 0.717) is 17.5 Å². The number of sulfonamides is 1. The molecule has 0 radical (unpaired) electrons. The lowest BCUT2D eigenvalue weighted by molar-refractivity contribution is 0.565. The van der Waals surface area contributed by atoms with E-state index in [2.05, 4.69) is 14.7 Å². The Balaban J connectivity index is 2.26. The van der Waals surface area contributed by atoms with Crippen LogP contribution >= 0.6 is 0 Å². The Labute approximate surface area is 111 Å². The highest BCUT2D eigenvalue weighted by molar-refractivity contribution is 7.89. The highest BCUT2D eigenvalue weighted by Crippen LogP contribution is 2.17. The lowest BCUT2D eigenvalue weighted by atomic mass is 10.1. The maximum absolute atomic E-state index is 11.7. The lowest BCUT2D eigenvalue weighted by Crippen LogP contribution is -2.28. The highest BCUT2D eigenvalue weighted by atomic mass is 32.2. The molecule has 1 aromatic heterocycles. The number of H-pyrrole nitrogens is 2. The summed E-state index contributed by atoms with van der Waals surface area (Å²) in [7, 11) is -3.26. The van der Waals surface area contributed by atoms with Crippen molar-refractivity contribution in [2.24, 2.45) is 0 Å². The minimum absolute atomic E-state index is 0.112. The van der Waals surface area contributed by atoms with E-state index in [4.69, 9.17) is 0 Å². The summed E-state index contributed by atoms with van der Waals surface area (Å²) in [6, 6.07) is 4.99. The van der Waals surface area contributed by atoms with Gasteiger partial charge in [-0.2, -0.15) is 0 Å². The van der Waals surface area contributed by atoms with Crippen molar-refractivity contribution >= 4 is 21.1 Å². The molecule has 0 spiro atoms. The molecular formula is C12H17N3O3S. The highest BCUT2D eigenvalue weighted by Gasteiger charge is 2.15. The predicted molar refractivity (Wildman–Crippen MR) is 74.5 cm³/mol. The number of aromatic nitrogens is 2. The summed E-state index contributed by atoms with van der Waals surface area (Å²) in [5.74, 6) is 0.112. The summed E-state index contributed by atoms with van der Waals surface area (Å²) in [5.41, 5.74) is 1.91. The van der Waals surface area contributed by atoms with Crippen LogP contribution in [0.25, 0.3) is 11.0 Å². The van der Waals surface area contributed by atoms with Crippen LogP contribution in [0.3, 0.4) is 0 Å². The van der Waals surface area contributed by atoms with Crippen LogP contribution in [0.4, 0.5) is 0 Å². The van der Waals surface area contributed by atoms with Gasteiger partial charge in [-0.15, -0.1) is 0 Å². The Hall–Kier alpha value is -1.60. The van der Waals surface area contributed by atoms with Gasteiger partial charge < -0.3 is 9.97 Å². The number of nitrogens with one attached hydrogen (secondary N) is 3. The molecule has 0 saturated carbocycles. The number of rotatable bonds is 5. The molecule has 19 heavy (non-hydrogen) atoms. The fraction of sp³-hybridized carbons (Fsp3) is 0.417. The van der Waals surface area contributed by atoms with Gasteiger partial charge in [-0.25, -0.2) is 17.9 Å². The quantitative estimate of drug-likeness (QED) is 0.770. The molecule has 2 aromatic rings. The molecule has 7 heteroatoms. The summed E-state index contributed by atoms with van der Waals surface area (Å²) >= 11 is 0. The third kappa shape index (κ3) is 3.24. The second-order valence-corrected chi connectivity index (χ2v) is 6.42. The molecule has 1 unspecified atom stereocenters. The van der Waals surface area contributed by atoms with Gasteiger partial charge in [0, 0.05) is 6.04 Å². The molecule has 0 aliphatic carbocycles. The van der Waals surface area contributed by atoms with Gasteiger partial charge in [0.25, 0.3) is 0 Å². The van der Waals surface area contributed by atoms with E-state index in [1.165, 1.54) is 0 Å². The van der Waals surface area contributed by atoms with E-state index < -0.39 is 10.0 Å². The van der Waals surface area contributed by atoms with Crippen molar-refractivity contribution in [3.05, 3.63) is 34.2 Å². The second kappa shape index (κ2) is 5.18. The van der Waals surface area contributed by atoms with Crippen molar-refractivity contribution in [1.82, 2.24) is 14.7 Å². The monoisotopic (exact) mass is 283 g/mol. The van der Waals surface area contributed by atoms with Crippen molar-refractivity contribution in [2.45, 2.75) is 26.3 Å². The van der Waals surface area contributed by atoms with Gasteiger partial charge in [0.15, 0.2) is 0 Å². The van der Waals surface area contributed by atoms with Crippen molar-refractivity contribution < 1.29 is 8.42 Å². The molecule has 0 fully saturated rings. The van der Waals surface area contributed by atoms with E-state index in [-0.39, 0.29) is 17.5 Å². The second-order valence-electron chi connectivity index (χ2n) is 4.54. The largest absolute Gasteiger partial charge is 0.323 e. The summed E-state index contributed by atoms with van der Waals surface area (Å²) < 4.78 is 26.0. The van der Waals surface area contributed by atoms with Crippen LogP contribution in [0.15, 0.2) is 23.0 Å². The van der Waals surface area contributed by atoms with Gasteiger partial charge in [-0.3, -0.25) is 0 Å². The summed E-state index contributed by atoms with van der Waals surface area (Å²) in [6.45, 7) is 3.60. The molecule has 2 rings (SSSR count). The van der Waals surface area contributed by atoms with E-state index in [1.807, 2.05) is 6.92 Å². The van der Waals surface area contributed by atoms with Crippen LogP contribution in [-0.4, -0.2) is 24.1 Å². The normalized spacial score (nSPS) is 13.8. The third-order valence-corrected chi connectivity index (χ3v) is 4.53. The molecule has 0 saturated heterocycles. The van der Waals surface area contributed by atoms with Gasteiger partial charge >= 0.3 is 5.69 Å². The van der Waals surface area contributed by atoms with Gasteiger partial charge in [-0.05, 0) is 31.0 Å². The zero-order valence-corrected chi connectivity index (χ0v) is 11.7. The van der Waals surface area contributed by atoms with Crippen molar-refractivity contribution in [2.75, 3.05) is 5.75 Å². The van der Waals surface area contributed by atoms with Gasteiger partial charge in [0.2, 0.25) is 10.0 Å². The Morgan fingerprint density at radius 1 is 1.26 bits per heavy atom. The first-order valence-corrected chi connectivity index (χ1v) is 7.78.